The number of nitrogens with one attached hydrogen (secondary N) is 1. The molecule has 1 atom stereocenters. The Hall–Kier alpha value is -2.67. The van der Waals surface area contributed by atoms with Crippen LogP contribution >= 0.6 is 11.6 Å². The molecule has 23 heavy (non-hydrogen) atoms. The predicted octanol–water partition coefficient (Wildman–Crippen LogP) is 2.29. The maximum absolute atomic E-state index is 12.1. The quantitative estimate of drug-likeness (QED) is 0.670. The summed E-state index contributed by atoms with van der Waals surface area (Å²) in [5, 5.41) is 14.0. The Labute approximate surface area is 136 Å². The van der Waals surface area contributed by atoms with Crippen LogP contribution in [0.15, 0.2) is 47.4 Å². The van der Waals surface area contributed by atoms with Crippen LogP contribution in [-0.4, -0.2) is 15.4 Å². The van der Waals surface area contributed by atoms with Gasteiger partial charge in [-0.05, 0) is 18.6 Å². The molecule has 8 heteroatoms. The maximum Gasteiger partial charge on any atom is 0.285 e. The molecule has 0 saturated heterocycles. The summed E-state index contributed by atoms with van der Waals surface area (Å²) in [7, 11) is 0. The van der Waals surface area contributed by atoms with Gasteiger partial charge in [-0.15, -0.1) is 0 Å². The number of nitro groups is 1. The van der Waals surface area contributed by atoms with E-state index in [1.54, 1.807) is 31.2 Å². The van der Waals surface area contributed by atoms with Gasteiger partial charge in [0.05, 0.1) is 17.2 Å². The molecule has 0 unspecified atom stereocenters. The number of rotatable bonds is 5. The van der Waals surface area contributed by atoms with Gasteiger partial charge in [0, 0.05) is 17.2 Å². The molecule has 0 spiro atoms. The topological polar surface area (TPSA) is 94.2 Å². The van der Waals surface area contributed by atoms with E-state index in [2.05, 4.69) is 5.32 Å². The van der Waals surface area contributed by atoms with Gasteiger partial charge in [0.25, 0.3) is 11.2 Å². The highest BCUT2D eigenvalue weighted by atomic mass is 35.5. The number of pyridine rings is 1. The number of carbonyl (C=O) groups is 1. The highest BCUT2D eigenvalue weighted by Gasteiger charge is 2.14. The van der Waals surface area contributed by atoms with Crippen molar-refractivity contribution in [3.8, 4) is 0 Å². The minimum Gasteiger partial charge on any atom is -0.348 e. The molecule has 7 nitrogen and oxygen atoms in total. The number of carbonyl (C=O) groups excluding carboxylic acids is 1. The number of nitrogens with zero attached hydrogens (tertiary/aromatic N) is 2. The normalized spacial score (nSPS) is 11.7. The lowest BCUT2D eigenvalue weighted by Crippen LogP contribution is -2.33. The van der Waals surface area contributed by atoms with Crippen molar-refractivity contribution < 1.29 is 9.72 Å². The van der Waals surface area contributed by atoms with Crippen molar-refractivity contribution in [2.45, 2.75) is 19.5 Å². The zero-order valence-corrected chi connectivity index (χ0v) is 13.0. The second-order valence-electron chi connectivity index (χ2n) is 4.92. The Bertz CT molecular complexity index is 803. The fourth-order valence-corrected chi connectivity index (χ4v) is 2.40. The van der Waals surface area contributed by atoms with Gasteiger partial charge in [-0.1, -0.05) is 29.8 Å². The first-order valence-corrected chi connectivity index (χ1v) is 7.15. The van der Waals surface area contributed by atoms with Crippen LogP contribution in [0.1, 0.15) is 18.5 Å². The van der Waals surface area contributed by atoms with E-state index in [1.165, 1.54) is 0 Å². The van der Waals surface area contributed by atoms with Crippen LogP contribution in [0.2, 0.25) is 5.02 Å². The Morgan fingerprint density at radius 2 is 2.04 bits per heavy atom. The van der Waals surface area contributed by atoms with Gasteiger partial charge in [-0.2, -0.15) is 0 Å². The first kappa shape index (κ1) is 16.7. The van der Waals surface area contributed by atoms with Crippen molar-refractivity contribution in [2.75, 3.05) is 0 Å². The summed E-state index contributed by atoms with van der Waals surface area (Å²) in [6, 6.07) is 8.88. The molecule has 1 amide bonds. The van der Waals surface area contributed by atoms with Gasteiger partial charge in [-0.25, -0.2) is 0 Å². The van der Waals surface area contributed by atoms with E-state index in [-0.39, 0.29) is 18.3 Å². The lowest BCUT2D eigenvalue weighted by molar-refractivity contribution is -0.385. The van der Waals surface area contributed by atoms with Crippen molar-refractivity contribution in [1.29, 1.82) is 0 Å². The van der Waals surface area contributed by atoms with Crippen LogP contribution in [0.25, 0.3) is 0 Å². The van der Waals surface area contributed by atoms with E-state index in [0.717, 1.165) is 28.5 Å². The molecule has 1 N–H and O–H groups in total. The first-order valence-electron chi connectivity index (χ1n) is 6.77. The molecule has 0 fully saturated rings. The van der Waals surface area contributed by atoms with Crippen molar-refractivity contribution in [2.24, 2.45) is 0 Å². The van der Waals surface area contributed by atoms with E-state index < -0.39 is 16.4 Å². The molecule has 0 aliphatic carbocycles. The largest absolute Gasteiger partial charge is 0.348 e. The van der Waals surface area contributed by atoms with Crippen molar-refractivity contribution >= 4 is 23.2 Å². The third-order valence-electron chi connectivity index (χ3n) is 3.24. The summed E-state index contributed by atoms with van der Waals surface area (Å²) in [4.78, 5) is 33.8. The summed E-state index contributed by atoms with van der Waals surface area (Å²) < 4.78 is 0.993. The van der Waals surface area contributed by atoms with Crippen molar-refractivity contribution in [1.82, 2.24) is 9.88 Å². The molecule has 0 aliphatic heterocycles. The second kappa shape index (κ2) is 7.06. The third kappa shape index (κ3) is 4.17. The minimum atomic E-state index is -0.625. The first-order chi connectivity index (χ1) is 10.9. The third-order valence-corrected chi connectivity index (χ3v) is 3.59. The molecule has 0 radical (unpaired) electrons. The molecule has 120 valence electrons. The highest BCUT2D eigenvalue weighted by Crippen LogP contribution is 2.21. The van der Waals surface area contributed by atoms with Crippen LogP contribution in [0, 0.1) is 10.1 Å². The van der Waals surface area contributed by atoms with E-state index in [9.17, 15) is 19.7 Å². The number of aromatic nitrogens is 1. The van der Waals surface area contributed by atoms with Gasteiger partial charge in [0.2, 0.25) is 5.91 Å². The number of benzene rings is 1. The minimum absolute atomic E-state index is 0.253. The summed E-state index contributed by atoms with van der Waals surface area (Å²) in [6.45, 7) is 1.45. The molecule has 0 bridgehead atoms. The second-order valence-corrected chi connectivity index (χ2v) is 5.33. The SMILES string of the molecule is C[C@H](NC(=O)Cn1cc([N+](=O)[O-])ccc1=O)c1ccccc1Cl. The van der Waals surface area contributed by atoms with Crippen LogP contribution in [0.4, 0.5) is 5.69 Å². The molecule has 0 aliphatic rings. The maximum atomic E-state index is 12.1. The summed E-state index contributed by atoms with van der Waals surface area (Å²) in [5.74, 6) is -0.444. The Morgan fingerprint density at radius 1 is 1.35 bits per heavy atom. The Morgan fingerprint density at radius 3 is 2.70 bits per heavy atom. The lowest BCUT2D eigenvalue weighted by Gasteiger charge is -2.16. The Balaban J connectivity index is 2.11. The zero-order chi connectivity index (χ0) is 17.0. The Kier molecular flexibility index (Phi) is 5.13. The summed E-state index contributed by atoms with van der Waals surface area (Å²) >= 11 is 6.06. The highest BCUT2D eigenvalue weighted by molar-refractivity contribution is 6.31. The molecule has 1 aromatic heterocycles. The van der Waals surface area contributed by atoms with E-state index >= 15 is 0 Å². The molecule has 1 heterocycles. The van der Waals surface area contributed by atoms with Crippen molar-refractivity contribution in [3.05, 3.63) is 73.6 Å². The molecule has 1 aromatic carbocycles. The average Bonchev–Trinajstić information content (AvgIpc) is 2.49. The summed E-state index contributed by atoms with van der Waals surface area (Å²) in [6.07, 6.45) is 1.04. The van der Waals surface area contributed by atoms with Crippen LogP contribution < -0.4 is 10.9 Å². The fourth-order valence-electron chi connectivity index (χ4n) is 2.10. The molecule has 2 aromatic rings. The van der Waals surface area contributed by atoms with Gasteiger partial charge in [-0.3, -0.25) is 24.3 Å². The van der Waals surface area contributed by atoms with E-state index in [0.29, 0.717) is 5.02 Å². The zero-order valence-electron chi connectivity index (χ0n) is 12.2. The predicted molar refractivity (Wildman–Crippen MR) is 85.4 cm³/mol. The summed E-state index contributed by atoms with van der Waals surface area (Å²) in [5.41, 5.74) is 0.00149. The number of amides is 1. The molecular formula is C15H14ClN3O4. The molecule has 0 saturated carbocycles. The van der Waals surface area contributed by atoms with E-state index in [4.69, 9.17) is 11.6 Å². The fraction of sp³-hybridized carbons (Fsp3) is 0.200. The number of hydrogen-bond acceptors (Lipinski definition) is 4. The smallest absolute Gasteiger partial charge is 0.285 e. The van der Waals surface area contributed by atoms with Crippen LogP contribution in [-0.2, 0) is 11.3 Å². The van der Waals surface area contributed by atoms with Gasteiger partial charge < -0.3 is 5.32 Å². The number of hydrogen-bond donors (Lipinski definition) is 1. The average molecular weight is 336 g/mol. The lowest BCUT2D eigenvalue weighted by atomic mass is 10.1. The van der Waals surface area contributed by atoms with E-state index in [1.807, 2.05) is 0 Å². The van der Waals surface area contributed by atoms with Crippen molar-refractivity contribution in [3.63, 3.8) is 0 Å². The number of halogens is 1. The molecular weight excluding hydrogens is 322 g/mol. The monoisotopic (exact) mass is 335 g/mol. The van der Waals surface area contributed by atoms with Gasteiger partial charge in [0.1, 0.15) is 6.54 Å². The van der Waals surface area contributed by atoms with Gasteiger partial charge in [0.15, 0.2) is 0 Å². The standard InChI is InChI=1S/C15H14ClN3O4/c1-10(12-4-2-3-5-13(12)16)17-14(20)9-18-8-11(19(22)23)6-7-15(18)21/h2-8,10H,9H2,1H3,(H,17,20)/t10-/m0/s1. The van der Waals surface area contributed by atoms with Crippen LogP contribution in [0.3, 0.4) is 0 Å². The molecule has 2 rings (SSSR count). The van der Waals surface area contributed by atoms with Crippen LogP contribution in [0.5, 0.6) is 0 Å². The van der Waals surface area contributed by atoms with Gasteiger partial charge >= 0.3 is 0 Å².